The quantitative estimate of drug-likeness (QED) is 0.797. The highest BCUT2D eigenvalue weighted by molar-refractivity contribution is 5.49. The molecule has 2 aliphatic rings. The predicted molar refractivity (Wildman–Crippen MR) is 76.6 cm³/mol. The molecule has 102 valence electrons. The molecule has 3 rings (SSSR count). The molecular formula is C17H22O2. The summed E-state index contributed by atoms with van der Waals surface area (Å²) in [6, 6.07) is 10.4. The molecule has 2 fully saturated rings. The van der Waals surface area contributed by atoms with Gasteiger partial charge in [0.05, 0.1) is 12.2 Å². The molecule has 1 aromatic carbocycles. The molecule has 0 unspecified atom stereocenters. The zero-order valence-corrected chi connectivity index (χ0v) is 11.7. The fraction of sp³-hybridized carbons (Fsp3) is 0.529. The van der Waals surface area contributed by atoms with E-state index in [4.69, 9.17) is 9.47 Å². The second-order valence-corrected chi connectivity index (χ2v) is 6.00. The van der Waals surface area contributed by atoms with Crippen molar-refractivity contribution in [3.63, 3.8) is 0 Å². The molecule has 1 aromatic rings. The van der Waals surface area contributed by atoms with E-state index in [1.807, 2.05) is 19.9 Å². The van der Waals surface area contributed by atoms with Crippen LogP contribution in [0.15, 0.2) is 36.4 Å². The zero-order valence-electron chi connectivity index (χ0n) is 11.7. The highest BCUT2D eigenvalue weighted by Gasteiger charge is 2.44. The molecule has 0 amide bonds. The Kier molecular flexibility index (Phi) is 3.46. The molecule has 0 spiro atoms. The van der Waals surface area contributed by atoms with Gasteiger partial charge in [0, 0.05) is 5.92 Å². The second kappa shape index (κ2) is 5.10. The van der Waals surface area contributed by atoms with Crippen molar-refractivity contribution in [1.29, 1.82) is 0 Å². The molecule has 1 heterocycles. The molecular weight excluding hydrogens is 236 g/mol. The molecule has 0 N–H and O–H groups in total. The largest absolute Gasteiger partial charge is 0.347 e. The molecule has 2 heteroatoms. The normalized spacial score (nSPS) is 33.5. The van der Waals surface area contributed by atoms with E-state index < -0.39 is 5.79 Å². The maximum Gasteiger partial charge on any atom is 0.163 e. The van der Waals surface area contributed by atoms with Crippen molar-refractivity contribution in [2.75, 3.05) is 0 Å². The third-order valence-corrected chi connectivity index (χ3v) is 4.06. The van der Waals surface area contributed by atoms with Crippen LogP contribution in [-0.2, 0) is 9.47 Å². The van der Waals surface area contributed by atoms with Gasteiger partial charge in [-0.25, -0.2) is 0 Å². The van der Waals surface area contributed by atoms with Crippen LogP contribution in [0.25, 0.3) is 6.08 Å². The van der Waals surface area contributed by atoms with E-state index in [1.54, 1.807) is 0 Å². The van der Waals surface area contributed by atoms with Crippen molar-refractivity contribution < 1.29 is 9.47 Å². The Balaban J connectivity index is 1.76. The van der Waals surface area contributed by atoms with Gasteiger partial charge in [-0.1, -0.05) is 48.9 Å². The molecule has 3 atom stereocenters. The summed E-state index contributed by atoms with van der Waals surface area (Å²) in [5, 5.41) is 0. The molecule has 0 radical (unpaired) electrons. The van der Waals surface area contributed by atoms with Gasteiger partial charge in [-0.3, -0.25) is 0 Å². The number of benzene rings is 1. The lowest BCUT2D eigenvalue weighted by atomic mass is 9.95. The molecule has 0 aromatic heterocycles. The van der Waals surface area contributed by atoms with Gasteiger partial charge in [0.15, 0.2) is 5.79 Å². The highest BCUT2D eigenvalue weighted by Crippen LogP contribution is 2.41. The summed E-state index contributed by atoms with van der Waals surface area (Å²) in [5.41, 5.74) is 1.23. The third-order valence-electron chi connectivity index (χ3n) is 4.06. The minimum atomic E-state index is -0.461. The Morgan fingerprint density at radius 3 is 2.68 bits per heavy atom. The van der Waals surface area contributed by atoms with Crippen LogP contribution in [0.2, 0.25) is 0 Å². The van der Waals surface area contributed by atoms with Crippen molar-refractivity contribution in [3.8, 4) is 0 Å². The van der Waals surface area contributed by atoms with E-state index in [2.05, 4.69) is 36.4 Å². The summed E-state index contributed by atoms with van der Waals surface area (Å²) in [5.74, 6) is 0.0602. The molecule has 19 heavy (non-hydrogen) atoms. The fourth-order valence-corrected chi connectivity index (χ4v) is 3.24. The monoisotopic (exact) mass is 258 g/mol. The predicted octanol–water partition coefficient (Wildman–Crippen LogP) is 4.02. The minimum Gasteiger partial charge on any atom is -0.347 e. The Morgan fingerprint density at radius 1 is 1.11 bits per heavy atom. The van der Waals surface area contributed by atoms with Gasteiger partial charge in [-0.2, -0.15) is 0 Å². The second-order valence-electron chi connectivity index (χ2n) is 6.00. The Labute approximate surface area is 115 Å². The van der Waals surface area contributed by atoms with Crippen molar-refractivity contribution >= 4 is 6.08 Å². The van der Waals surface area contributed by atoms with E-state index in [1.165, 1.54) is 24.8 Å². The minimum absolute atomic E-state index is 0.177. The van der Waals surface area contributed by atoms with E-state index in [0.29, 0.717) is 12.0 Å². The van der Waals surface area contributed by atoms with E-state index in [9.17, 15) is 0 Å². The first kappa shape index (κ1) is 12.9. The first-order valence-electron chi connectivity index (χ1n) is 7.23. The van der Waals surface area contributed by atoms with Crippen LogP contribution >= 0.6 is 0 Å². The molecule has 1 aliphatic heterocycles. The van der Waals surface area contributed by atoms with Crippen LogP contribution in [-0.4, -0.2) is 18.0 Å². The van der Waals surface area contributed by atoms with Gasteiger partial charge in [-0.15, -0.1) is 0 Å². The Hall–Kier alpha value is -1.12. The van der Waals surface area contributed by atoms with E-state index in [0.717, 1.165) is 0 Å². The average molecular weight is 258 g/mol. The van der Waals surface area contributed by atoms with Gasteiger partial charge in [0.1, 0.15) is 0 Å². The smallest absolute Gasteiger partial charge is 0.163 e. The zero-order chi connectivity index (χ0) is 13.3. The van der Waals surface area contributed by atoms with Crippen molar-refractivity contribution in [2.24, 2.45) is 5.92 Å². The van der Waals surface area contributed by atoms with Gasteiger partial charge < -0.3 is 9.47 Å². The van der Waals surface area contributed by atoms with Crippen LogP contribution in [0.5, 0.6) is 0 Å². The number of hydrogen-bond acceptors (Lipinski definition) is 2. The van der Waals surface area contributed by atoms with Gasteiger partial charge in [0.25, 0.3) is 0 Å². The van der Waals surface area contributed by atoms with Crippen molar-refractivity contribution in [2.45, 2.75) is 51.1 Å². The van der Waals surface area contributed by atoms with Crippen molar-refractivity contribution in [1.82, 2.24) is 0 Å². The van der Waals surface area contributed by atoms with Gasteiger partial charge in [-0.05, 0) is 32.3 Å². The van der Waals surface area contributed by atoms with Crippen LogP contribution in [0.4, 0.5) is 0 Å². The fourth-order valence-electron chi connectivity index (χ4n) is 3.24. The van der Waals surface area contributed by atoms with E-state index >= 15 is 0 Å². The number of fused-ring (bicyclic) bond motifs is 1. The average Bonchev–Trinajstić information content (AvgIpc) is 2.83. The first-order chi connectivity index (χ1) is 9.14. The molecule has 1 aliphatic carbocycles. The number of rotatable bonds is 2. The summed E-state index contributed by atoms with van der Waals surface area (Å²) in [4.78, 5) is 0. The molecule has 0 bridgehead atoms. The Morgan fingerprint density at radius 2 is 1.89 bits per heavy atom. The third kappa shape index (κ3) is 2.90. The first-order valence-corrected chi connectivity index (χ1v) is 7.23. The molecule has 1 saturated heterocycles. The summed E-state index contributed by atoms with van der Waals surface area (Å²) in [7, 11) is 0. The number of hydrogen-bond donors (Lipinski definition) is 0. The topological polar surface area (TPSA) is 18.5 Å². The lowest BCUT2D eigenvalue weighted by molar-refractivity contribution is -0.305. The maximum absolute atomic E-state index is 6.10. The lowest BCUT2D eigenvalue weighted by Crippen LogP contribution is -2.48. The van der Waals surface area contributed by atoms with Crippen LogP contribution in [0.1, 0.15) is 38.7 Å². The molecule has 1 saturated carbocycles. The van der Waals surface area contributed by atoms with Crippen LogP contribution in [0, 0.1) is 5.92 Å². The number of ether oxygens (including phenoxy) is 2. The summed E-state index contributed by atoms with van der Waals surface area (Å²) in [6.07, 6.45) is 8.57. The SMILES string of the molecule is CC1(C)O[C@H](/C=C/c2ccccc2)[C@H]2CCC[C@H]2O1. The summed E-state index contributed by atoms with van der Waals surface area (Å²) >= 11 is 0. The Bertz CT molecular complexity index is 450. The summed E-state index contributed by atoms with van der Waals surface area (Å²) < 4.78 is 12.1. The molecule has 2 nitrogen and oxygen atoms in total. The highest BCUT2D eigenvalue weighted by atomic mass is 16.7. The van der Waals surface area contributed by atoms with Crippen molar-refractivity contribution in [3.05, 3.63) is 42.0 Å². The standard InChI is InChI=1S/C17H22O2/c1-17(2)18-15-10-6-9-14(15)16(19-17)12-11-13-7-4-3-5-8-13/h3-5,7-8,11-12,14-16H,6,9-10H2,1-2H3/b12-11+/t14-,15+,16+/m0/s1. The van der Waals surface area contributed by atoms with Crippen LogP contribution in [0.3, 0.4) is 0 Å². The van der Waals surface area contributed by atoms with Gasteiger partial charge in [0.2, 0.25) is 0 Å². The lowest BCUT2D eigenvalue weighted by Gasteiger charge is -2.42. The van der Waals surface area contributed by atoms with Crippen LogP contribution < -0.4 is 0 Å². The maximum atomic E-state index is 6.10. The summed E-state index contributed by atoms with van der Waals surface area (Å²) in [6.45, 7) is 4.04. The van der Waals surface area contributed by atoms with E-state index in [-0.39, 0.29) is 6.10 Å². The van der Waals surface area contributed by atoms with Gasteiger partial charge >= 0.3 is 0 Å².